The van der Waals surface area contributed by atoms with E-state index in [9.17, 15) is 4.79 Å². The maximum absolute atomic E-state index is 12.0. The van der Waals surface area contributed by atoms with Gasteiger partial charge in [0.15, 0.2) is 0 Å². The number of hydrogen-bond acceptors (Lipinski definition) is 3. The number of rotatable bonds is 2. The first kappa shape index (κ1) is 11.9. The lowest BCUT2D eigenvalue weighted by molar-refractivity contribution is -0.122. The molecule has 1 aliphatic heterocycles. The van der Waals surface area contributed by atoms with Crippen molar-refractivity contribution in [1.82, 2.24) is 4.90 Å². The fourth-order valence-electron chi connectivity index (χ4n) is 1.97. The van der Waals surface area contributed by atoms with Gasteiger partial charge in [-0.3, -0.25) is 9.69 Å². The summed E-state index contributed by atoms with van der Waals surface area (Å²) in [6, 6.07) is 0. The molecule has 86 valence electrons. The van der Waals surface area contributed by atoms with Crippen molar-refractivity contribution in [2.45, 2.75) is 26.2 Å². The van der Waals surface area contributed by atoms with Gasteiger partial charge in [-0.25, -0.2) is 0 Å². The molecule has 1 heterocycles. The van der Waals surface area contributed by atoms with Crippen molar-refractivity contribution in [3.8, 4) is 0 Å². The van der Waals surface area contributed by atoms with Crippen LogP contribution in [0, 0.1) is 5.92 Å². The molecule has 2 rings (SSSR count). The quantitative estimate of drug-likeness (QED) is 0.428. The van der Waals surface area contributed by atoms with Gasteiger partial charge < -0.3 is 0 Å². The van der Waals surface area contributed by atoms with E-state index in [1.807, 2.05) is 6.92 Å². The summed E-state index contributed by atoms with van der Waals surface area (Å²) in [5.74, 6) is 0.600. The summed E-state index contributed by atoms with van der Waals surface area (Å²) in [5, 5.41) is 0. The van der Waals surface area contributed by atoms with Crippen molar-refractivity contribution in [3.05, 3.63) is 23.1 Å². The Bertz CT molecular complexity index is 373. The Morgan fingerprint density at radius 3 is 3.00 bits per heavy atom. The minimum absolute atomic E-state index is 0.0899. The largest absolute Gasteiger partial charge is 0.293 e. The minimum atomic E-state index is 0.0899. The average Bonchev–Trinajstić information content (AvgIpc) is 2.55. The van der Waals surface area contributed by atoms with Crippen LogP contribution in [-0.4, -0.2) is 21.7 Å². The third-order valence-corrected chi connectivity index (χ3v) is 4.28. The van der Waals surface area contributed by atoms with Gasteiger partial charge in [-0.05, 0) is 32.1 Å². The van der Waals surface area contributed by atoms with Crippen molar-refractivity contribution in [1.29, 1.82) is 0 Å². The SMILES string of the molecule is CCN1C(=O)/C(=C/[C@@H]2CC=CCC2)SC1=S. The van der Waals surface area contributed by atoms with Gasteiger partial charge in [0, 0.05) is 6.54 Å². The van der Waals surface area contributed by atoms with Gasteiger partial charge in [-0.15, -0.1) is 0 Å². The zero-order valence-corrected chi connectivity index (χ0v) is 10.9. The first-order valence-corrected chi connectivity index (χ1v) is 6.85. The van der Waals surface area contributed by atoms with Crippen LogP contribution in [-0.2, 0) is 4.79 Å². The first-order valence-electron chi connectivity index (χ1n) is 5.63. The maximum atomic E-state index is 12.0. The van der Waals surface area contributed by atoms with Crippen LogP contribution in [0.1, 0.15) is 26.2 Å². The van der Waals surface area contributed by atoms with Crippen LogP contribution in [0.5, 0.6) is 0 Å². The molecule has 16 heavy (non-hydrogen) atoms. The molecule has 0 aromatic carbocycles. The zero-order valence-electron chi connectivity index (χ0n) is 9.31. The molecule has 2 nitrogen and oxygen atoms in total. The van der Waals surface area contributed by atoms with Crippen LogP contribution in [0.4, 0.5) is 0 Å². The second-order valence-corrected chi connectivity index (χ2v) is 5.67. The van der Waals surface area contributed by atoms with Crippen LogP contribution in [0.25, 0.3) is 0 Å². The molecule has 2 aliphatic rings. The Morgan fingerprint density at radius 1 is 1.62 bits per heavy atom. The molecule has 0 N–H and O–H groups in total. The van der Waals surface area contributed by atoms with Gasteiger partial charge in [-0.2, -0.15) is 0 Å². The van der Waals surface area contributed by atoms with E-state index in [1.165, 1.54) is 11.8 Å². The number of thiocarbonyl (C=S) groups is 1. The fourth-order valence-corrected chi connectivity index (χ4v) is 3.42. The molecule has 4 heteroatoms. The highest BCUT2D eigenvalue weighted by Gasteiger charge is 2.31. The first-order chi connectivity index (χ1) is 7.72. The molecule has 1 saturated heterocycles. The summed E-state index contributed by atoms with van der Waals surface area (Å²) in [6.45, 7) is 2.63. The van der Waals surface area contributed by atoms with Crippen LogP contribution >= 0.6 is 24.0 Å². The van der Waals surface area contributed by atoms with Gasteiger partial charge in [-0.1, -0.05) is 42.2 Å². The summed E-state index contributed by atoms with van der Waals surface area (Å²) in [4.78, 5) is 14.4. The summed E-state index contributed by atoms with van der Waals surface area (Å²) in [7, 11) is 0. The van der Waals surface area contributed by atoms with Crippen LogP contribution in [0.3, 0.4) is 0 Å². The lowest BCUT2D eigenvalue weighted by atomic mass is 9.94. The third-order valence-electron chi connectivity index (χ3n) is 2.89. The molecule has 0 unspecified atom stereocenters. The number of amides is 1. The molecule has 0 radical (unpaired) electrons. The van der Waals surface area contributed by atoms with Gasteiger partial charge >= 0.3 is 0 Å². The Labute approximate surface area is 106 Å². The van der Waals surface area contributed by atoms with Crippen LogP contribution < -0.4 is 0 Å². The van der Waals surface area contributed by atoms with E-state index in [2.05, 4.69) is 18.2 Å². The predicted molar refractivity (Wildman–Crippen MR) is 72.1 cm³/mol. The summed E-state index contributed by atoms with van der Waals surface area (Å²) >= 11 is 6.62. The average molecular weight is 253 g/mol. The molecule has 1 aliphatic carbocycles. The standard InChI is InChI=1S/C12H15NOS2/c1-2-13-11(14)10(16-12(13)15)8-9-6-4-3-5-7-9/h3-4,8-9H,2,5-7H2,1H3/b10-8-/t9-/m1/s1. The molecule has 0 spiro atoms. The van der Waals surface area contributed by atoms with Crippen molar-refractivity contribution in [3.63, 3.8) is 0 Å². The number of carbonyl (C=O) groups is 1. The minimum Gasteiger partial charge on any atom is -0.293 e. The van der Waals surface area contributed by atoms with Crippen molar-refractivity contribution < 1.29 is 4.79 Å². The highest BCUT2D eigenvalue weighted by molar-refractivity contribution is 8.26. The second-order valence-electron chi connectivity index (χ2n) is 3.99. The molecule has 1 fully saturated rings. The normalized spacial score (nSPS) is 28.2. The Hall–Kier alpha value is -0.610. The highest BCUT2D eigenvalue weighted by Crippen LogP contribution is 2.33. The summed E-state index contributed by atoms with van der Waals surface area (Å²) in [6.07, 6.45) is 9.84. The number of hydrogen-bond donors (Lipinski definition) is 0. The van der Waals surface area contributed by atoms with Gasteiger partial charge in [0.05, 0.1) is 4.91 Å². The van der Waals surface area contributed by atoms with E-state index in [0.717, 1.165) is 24.2 Å². The fraction of sp³-hybridized carbons (Fsp3) is 0.500. The smallest absolute Gasteiger partial charge is 0.265 e. The van der Waals surface area contributed by atoms with E-state index < -0.39 is 0 Å². The summed E-state index contributed by atoms with van der Waals surface area (Å²) < 4.78 is 0.699. The van der Waals surface area contributed by atoms with Crippen molar-refractivity contribution >= 4 is 34.2 Å². The van der Waals surface area contributed by atoms with Crippen LogP contribution in [0.2, 0.25) is 0 Å². The van der Waals surface area contributed by atoms with E-state index in [0.29, 0.717) is 16.8 Å². The number of carbonyl (C=O) groups excluding carboxylic acids is 1. The number of allylic oxidation sites excluding steroid dienone is 3. The molecule has 1 amide bonds. The second kappa shape index (κ2) is 5.15. The van der Waals surface area contributed by atoms with E-state index in [1.54, 1.807) is 4.90 Å². The lowest BCUT2D eigenvalue weighted by Crippen LogP contribution is -2.27. The Balaban J connectivity index is 2.10. The zero-order chi connectivity index (χ0) is 11.5. The molecule has 0 aromatic rings. The van der Waals surface area contributed by atoms with Gasteiger partial charge in [0.25, 0.3) is 5.91 Å². The Morgan fingerprint density at radius 2 is 2.44 bits per heavy atom. The van der Waals surface area contributed by atoms with E-state index in [4.69, 9.17) is 12.2 Å². The lowest BCUT2D eigenvalue weighted by Gasteiger charge is -2.13. The van der Waals surface area contributed by atoms with Crippen LogP contribution in [0.15, 0.2) is 23.1 Å². The van der Waals surface area contributed by atoms with Crippen molar-refractivity contribution in [2.24, 2.45) is 5.92 Å². The topological polar surface area (TPSA) is 20.3 Å². The third kappa shape index (κ3) is 2.38. The monoisotopic (exact) mass is 253 g/mol. The van der Waals surface area contributed by atoms with E-state index in [-0.39, 0.29) is 5.91 Å². The Kier molecular flexibility index (Phi) is 3.82. The number of nitrogens with zero attached hydrogens (tertiary/aromatic N) is 1. The molecular formula is C12H15NOS2. The molecular weight excluding hydrogens is 238 g/mol. The molecule has 0 aromatic heterocycles. The molecule has 1 atom stereocenters. The number of thioether (sulfide) groups is 1. The summed E-state index contributed by atoms with van der Waals surface area (Å²) in [5.41, 5.74) is 0. The molecule has 0 saturated carbocycles. The highest BCUT2D eigenvalue weighted by atomic mass is 32.2. The maximum Gasteiger partial charge on any atom is 0.265 e. The predicted octanol–water partition coefficient (Wildman–Crippen LogP) is 3.11. The van der Waals surface area contributed by atoms with Gasteiger partial charge in [0.2, 0.25) is 0 Å². The molecule has 0 bridgehead atoms. The number of likely N-dealkylation sites (N-methyl/N-ethyl adjacent to an activating group) is 1. The van der Waals surface area contributed by atoms with Gasteiger partial charge in [0.1, 0.15) is 4.32 Å². The van der Waals surface area contributed by atoms with E-state index >= 15 is 0 Å². The van der Waals surface area contributed by atoms with Crippen molar-refractivity contribution in [2.75, 3.05) is 6.54 Å².